The average molecular weight is 286 g/mol. The van der Waals surface area contributed by atoms with Gasteiger partial charge in [-0.05, 0) is 32.0 Å². The summed E-state index contributed by atoms with van der Waals surface area (Å²) < 4.78 is 5.80. The van der Waals surface area contributed by atoms with E-state index in [1.54, 1.807) is 0 Å². The summed E-state index contributed by atoms with van der Waals surface area (Å²) in [6.07, 6.45) is 3.86. The molecule has 5 heteroatoms. The Morgan fingerprint density at radius 1 is 1.43 bits per heavy atom. The van der Waals surface area contributed by atoms with Gasteiger partial charge in [0.15, 0.2) is 0 Å². The monoisotopic (exact) mass is 286 g/mol. The summed E-state index contributed by atoms with van der Waals surface area (Å²) in [5.74, 6) is -0.601. The first kappa shape index (κ1) is 13.8. The summed E-state index contributed by atoms with van der Waals surface area (Å²) in [6.45, 7) is 1.27. The Hall–Kier alpha value is -2.14. The number of aromatic nitrogens is 1. The van der Waals surface area contributed by atoms with E-state index in [4.69, 9.17) is 4.74 Å². The number of nitrogens with zero attached hydrogens (tertiary/aromatic N) is 2. The van der Waals surface area contributed by atoms with Crippen molar-refractivity contribution in [3.8, 4) is 5.75 Å². The van der Waals surface area contributed by atoms with Crippen LogP contribution in [0.1, 0.15) is 23.2 Å². The number of likely N-dealkylation sites (N-methyl/N-ethyl adjacent to an activating group) is 1. The summed E-state index contributed by atoms with van der Waals surface area (Å²) in [6, 6.07) is 8.10. The number of fused-ring (bicyclic) bond motifs is 1. The molecule has 1 aliphatic rings. The van der Waals surface area contributed by atoms with E-state index in [1.165, 1.54) is 19.0 Å². The van der Waals surface area contributed by atoms with E-state index in [2.05, 4.69) is 16.9 Å². The summed E-state index contributed by atoms with van der Waals surface area (Å²) in [5.41, 5.74) is 0.857. The summed E-state index contributed by atoms with van der Waals surface area (Å²) in [7, 11) is 2.07. The number of aromatic carboxylic acids is 1. The van der Waals surface area contributed by atoms with Gasteiger partial charge in [-0.25, -0.2) is 4.79 Å². The van der Waals surface area contributed by atoms with E-state index in [-0.39, 0.29) is 5.56 Å². The smallest absolute Gasteiger partial charge is 0.341 e. The van der Waals surface area contributed by atoms with Crippen LogP contribution >= 0.6 is 0 Å². The maximum atomic E-state index is 11.4. The molecule has 0 aliphatic heterocycles. The third-order valence-electron chi connectivity index (χ3n) is 3.82. The van der Waals surface area contributed by atoms with Crippen molar-refractivity contribution in [2.45, 2.75) is 18.9 Å². The minimum Gasteiger partial charge on any atom is -0.491 e. The highest BCUT2D eigenvalue weighted by Crippen LogP contribution is 2.29. The fraction of sp³-hybridized carbons (Fsp3) is 0.375. The number of hydrogen-bond acceptors (Lipinski definition) is 4. The SMILES string of the molecule is CN(CCOc1c(C(=O)O)cnc2ccccc12)C1CC1. The van der Waals surface area contributed by atoms with Crippen molar-refractivity contribution in [1.29, 1.82) is 0 Å². The van der Waals surface area contributed by atoms with Gasteiger partial charge in [-0.1, -0.05) is 12.1 Å². The van der Waals surface area contributed by atoms with Crippen molar-refractivity contribution >= 4 is 16.9 Å². The number of rotatable bonds is 6. The molecule has 0 amide bonds. The minimum absolute atomic E-state index is 0.114. The normalized spacial score (nSPS) is 14.6. The van der Waals surface area contributed by atoms with Crippen molar-refractivity contribution in [2.24, 2.45) is 0 Å². The second-order valence-electron chi connectivity index (χ2n) is 5.38. The third kappa shape index (κ3) is 2.97. The lowest BCUT2D eigenvalue weighted by atomic mass is 10.1. The topological polar surface area (TPSA) is 62.7 Å². The molecule has 2 aromatic rings. The van der Waals surface area contributed by atoms with Gasteiger partial charge in [-0.3, -0.25) is 4.98 Å². The van der Waals surface area contributed by atoms with Crippen molar-refractivity contribution in [2.75, 3.05) is 20.2 Å². The molecule has 0 radical (unpaired) electrons. The summed E-state index contributed by atoms with van der Waals surface area (Å²) in [5, 5.41) is 10.0. The number of carboxylic acids is 1. The first-order chi connectivity index (χ1) is 10.2. The second kappa shape index (κ2) is 5.69. The van der Waals surface area contributed by atoms with Crippen LogP contribution in [0.2, 0.25) is 0 Å². The van der Waals surface area contributed by atoms with Gasteiger partial charge in [0.1, 0.15) is 17.9 Å². The number of ether oxygens (including phenoxy) is 1. The standard InChI is InChI=1S/C16H18N2O3/c1-18(11-6-7-11)8-9-21-15-12-4-2-3-5-14(12)17-10-13(15)16(19)20/h2-5,10-11H,6-9H2,1H3,(H,19,20). The van der Waals surface area contributed by atoms with Gasteiger partial charge in [-0.15, -0.1) is 0 Å². The van der Waals surface area contributed by atoms with Crippen LogP contribution < -0.4 is 4.74 Å². The van der Waals surface area contributed by atoms with Crippen molar-refractivity contribution < 1.29 is 14.6 Å². The molecule has 1 saturated carbocycles. The van der Waals surface area contributed by atoms with E-state index in [0.717, 1.165) is 17.4 Å². The number of hydrogen-bond donors (Lipinski definition) is 1. The van der Waals surface area contributed by atoms with Gasteiger partial charge in [0.25, 0.3) is 0 Å². The van der Waals surface area contributed by atoms with E-state index in [0.29, 0.717) is 18.4 Å². The van der Waals surface area contributed by atoms with Gasteiger partial charge in [0.05, 0.1) is 5.52 Å². The number of benzene rings is 1. The molecule has 0 saturated heterocycles. The molecule has 5 nitrogen and oxygen atoms in total. The van der Waals surface area contributed by atoms with Crippen LogP contribution in [0.15, 0.2) is 30.5 Å². The molecule has 21 heavy (non-hydrogen) atoms. The zero-order valence-electron chi connectivity index (χ0n) is 12.0. The Kier molecular flexibility index (Phi) is 3.75. The molecule has 1 N–H and O–H groups in total. The molecular weight excluding hydrogens is 268 g/mol. The molecule has 0 unspecified atom stereocenters. The lowest BCUT2D eigenvalue weighted by molar-refractivity contribution is 0.0691. The fourth-order valence-electron chi connectivity index (χ4n) is 2.41. The number of para-hydroxylation sites is 1. The van der Waals surface area contributed by atoms with E-state index in [9.17, 15) is 9.90 Å². The number of pyridine rings is 1. The van der Waals surface area contributed by atoms with Crippen LogP contribution in [-0.2, 0) is 0 Å². The predicted molar refractivity (Wildman–Crippen MR) is 79.8 cm³/mol. The largest absolute Gasteiger partial charge is 0.491 e. The lowest BCUT2D eigenvalue weighted by Gasteiger charge is -2.17. The summed E-state index contributed by atoms with van der Waals surface area (Å²) in [4.78, 5) is 17.8. The maximum Gasteiger partial charge on any atom is 0.341 e. The average Bonchev–Trinajstić information content (AvgIpc) is 3.31. The Morgan fingerprint density at radius 2 is 2.19 bits per heavy atom. The van der Waals surface area contributed by atoms with Gasteiger partial charge in [-0.2, -0.15) is 0 Å². The highest BCUT2D eigenvalue weighted by Gasteiger charge is 2.25. The van der Waals surface area contributed by atoms with E-state index in [1.807, 2.05) is 24.3 Å². The van der Waals surface area contributed by atoms with Crippen molar-refractivity contribution in [3.05, 3.63) is 36.0 Å². The molecule has 1 fully saturated rings. The molecule has 1 aliphatic carbocycles. The second-order valence-corrected chi connectivity index (χ2v) is 5.38. The lowest BCUT2D eigenvalue weighted by Crippen LogP contribution is -2.26. The van der Waals surface area contributed by atoms with Gasteiger partial charge >= 0.3 is 5.97 Å². The van der Waals surface area contributed by atoms with Gasteiger partial charge in [0, 0.05) is 24.2 Å². The molecule has 3 rings (SSSR count). The van der Waals surface area contributed by atoms with Crippen LogP contribution in [-0.4, -0.2) is 47.2 Å². The van der Waals surface area contributed by atoms with Gasteiger partial charge in [0.2, 0.25) is 0 Å². The maximum absolute atomic E-state index is 11.4. The first-order valence-electron chi connectivity index (χ1n) is 7.11. The molecule has 110 valence electrons. The fourth-order valence-corrected chi connectivity index (χ4v) is 2.41. The zero-order valence-corrected chi connectivity index (χ0v) is 12.0. The first-order valence-corrected chi connectivity index (χ1v) is 7.11. The van der Waals surface area contributed by atoms with Crippen molar-refractivity contribution in [3.63, 3.8) is 0 Å². The molecular formula is C16H18N2O3. The Balaban J connectivity index is 1.83. The van der Waals surface area contributed by atoms with E-state index >= 15 is 0 Å². The van der Waals surface area contributed by atoms with Crippen LogP contribution in [0.3, 0.4) is 0 Å². The molecule has 0 spiro atoms. The minimum atomic E-state index is -1.01. The third-order valence-corrected chi connectivity index (χ3v) is 3.82. The van der Waals surface area contributed by atoms with Crippen LogP contribution in [0.25, 0.3) is 10.9 Å². The molecule has 1 heterocycles. The van der Waals surface area contributed by atoms with Crippen molar-refractivity contribution in [1.82, 2.24) is 9.88 Å². The van der Waals surface area contributed by atoms with Crippen LogP contribution in [0.4, 0.5) is 0 Å². The van der Waals surface area contributed by atoms with Crippen LogP contribution in [0, 0.1) is 0 Å². The number of carboxylic acid groups (broad SMARTS) is 1. The Morgan fingerprint density at radius 3 is 2.90 bits per heavy atom. The molecule has 0 atom stereocenters. The zero-order chi connectivity index (χ0) is 14.8. The molecule has 1 aromatic heterocycles. The quantitative estimate of drug-likeness (QED) is 0.883. The molecule has 1 aromatic carbocycles. The Labute approximate surface area is 123 Å². The highest BCUT2D eigenvalue weighted by atomic mass is 16.5. The molecule has 0 bridgehead atoms. The number of carbonyl (C=O) groups is 1. The Bertz CT molecular complexity index is 668. The van der Waals surface area contributed by atoms with E-state index < -0.39 is 5.97 Å². The highest BCUT2D eigenvalue weighted by molar-refractivity contribution is 5.98. The summed E-state index contributed by atoms with van der Waals surface area (Å²) >= 11 is 0. The predicted octanol–water partition coefficient (Wildman–Crippen LogP) is 2.41. The van der Waals surface area contributed by atoms with Gasteiger partial charge < -0.3 is 14.7 Å². The van der Waals surface area contributed by atoms with Crippen LogP contribution in [0.5, 0.6) is 5.75 Å².